The van der Waals surface area contributed by atoms with Gasteiger partial charge in [0.25, 0.3) is 10.0 Å². The first kappa shape index (κ1) is 31.0. The van der Waals surface area contributed by atoms with Crippen molar-refractivity contribution in [2.45, 2.75) is 51.6 Å². The summed E-state index contributed by atoms with van der Waals surface area (Å²) in [5.41, 5.74) is 2.10. The second-order valence-corrected chi connectivity index (χ2v) is 11.5. The van der Waals surface area contributed by atoms with Crippen LogP contribution in [0.4, 0.5) is 5.69 Å². The molecule has 0 radical (unpaired) electrons. The number of amides is 2. The third kappa shape index (κ3) is 7.55. The lowest BCUT2D eigenvalue weighted by Gasteiger charge is -2.33. The lowest BCUT2D eigenvalue weighted by atomic mass is 10.1. The summed E-state index contributed by atoms with van der Waals surface area (Å²) in [7, 11) is -4.24. The topological polar surface area (TPSA) is 96.0 Å². The maximum Gasteiger partial charge on any atom is 0.264 e. The zero-order valence-corrected chi connectivity index (χ0v) is 24.8. The first-order chi connectivity index (χ1) is 19.1. The van der Waals surface area contributed by atoms with E-state index in [1.54, 1.807) is 31.2 Å². The number of hydrogen-bond donors (Lipinski definition) is 1. The fourth-order valence-electron chi connectivity index (χ4n) is 4.29. The van der Waals surface area contributed by atoms with E-state index in [0.29, 0.717) is 30.3 Å². The van der Waals surface area contributed by atoms with Crippen molar-refractivity contribution in [3.63, 3.8) is 0 Å². The number of nitrogens with zero attached hydrogens (tertiary/aromatic N) is 2. The van der Waals surface area contributed by atoms with Crippen molar-refractivity contribution in [3.8, 4) is 5.75 Å². The maximum atomic E-state index is 14.1. The molecule has 0 saturated heterocycles. The van der Waals surface area contributed by atoms with Gasteiger partial charge in [0.15, 0.2) is 0 Å². The molecule has 40 heavy (non-hydrogen) atoms. The summed E-state index contributed by atoms with van der Waals surface area (Å²) in [4.78, 5) is 28.5. The lowest BCUT2D eigenvalue weighted by molar-refractivity contribution is -0.140. The van der Waals surface area contributed by atoms with Crippen molar-refractivity contribution < 1.29 is 22.7 Å². The molecule has 3 rings (SSSR count). The number of halogens is 1. The second kappa shape index (κ2) is 14.2. The molecule has 1 N–H and O–H groups in total. The minimum atomic E-state index is -4.24. The van der Waals surface area contributed by atoms with Gasteiger partial charge < -0.3 is 15.0 Å². The van der Waals surface area contributed by atoms with Gasteiger partial charge in [-0.25, -0.2) is 8.42 Å². The molecule has 0 aromatic heterocycles. The average molecular weight is 586 g/mol. The molecule has 1 atom stereocenters. The molecule has 0 bridgehead atoms. The maximum absolute atomic E-state index is 14.1. The fraction of sp³-hybridized carbons (Fsp3) is 0.333. The van der Waals surface area contributed by atoms with E-state index >= 15 is 0 Å². The molecule has 2 amide bonds. The number of sulfonamides is 1. The Balaban J connectivity index is 2.10. The second-order valence-electron chi connectivity index (χ2n) is 9.19. The molecule has 0 aliphatic rings. The first-order valence-corrected chi connectivity index (χ1v) is 15.1. The Morgan fingerprint density at radius 3 is 2.20 bits per heavy atom. The number of aryl methyl sites for hydroxylation is 1. The third-order valence-corrected chi connectivity index (χ3v) is 8.35. The number of ether oxygens (including phenoxy) is 1. The summed E-state index contributed by atoms with van der Waals surface area (Å²) in [6.45, 7) is 7.68. The minimum absolute atomic E-state index is 0.0307. The summed E-state index contributed by atoms with van der Waals surface area (Å²) >= 11 is 6.02. The number of carbonyl (C=O) groups is 2. The highest BCUT2D eigenvalue weighted by Gasteiger charge is 2.34. The number of anilines is 1. The van der Waals surface area contributed by atoms with Gasteiger partial charge in [-0.3, -0.25) is 13.9 Å². The van der Waals surface area contributed by atoms with Gasteiger partial charge in [-0.05, 0) is 69.2 Å². The van der Waals surface area contributed by atoms with Crippen LogP contribution in [0.3, 0.4) is 0 Å². The predicted molar refractivity (Wildman–Crippen MR) is 158 cm³/mol. The number of likely N-dealkylation sites (N-methyl/N-ethyl adjacent to an activating group) is 1. The van der Waals surface area contributed by atoms with Crippen molar-refractivity contribution in [2.75, 3.05) is 24.0 Å². The summed E-state index contributed by atoms with van der Waals surface area (Å²) in [6.07, 6.45) is 0.350. The Morgan fingerprint density at radius 1 is 0.950 bits per heavy atom. The van der Waals surface area contributed by atoms with Gasteiger partial charge in [0.2, 0.25) is 11.8 Å². The summed E-state index contributed by atoms with van der Waals surface area (Å²) in [6, 6.07) is 19.3. The van der Waals surface area contributed by atoms with Gasteiger partial charge in [0, 0.05) is 18.1 Å². The number of hydrogen-bond acceptors (Lipinski definition) is 5. The third-order valence-electron chi connectivity index (χ3n) is 6.32. The van der Waals surface area contributed by atoms with Gasteiger partial charge in [-0.15, -0.1) is 0 Å². The number of nitrogens with one attached hydrogen (secondary N) is 1. The fourth-order valence-corrected chi connectivity index (χ4v) is 5.84. The van der Waals surface area contributed by atoms with Gasteiger partial charge in [0.1, 0.15) is 18.3 Å². The van der Waals surface area contributed by atoms with E-state index in [-0.39, 0.29) is 23.0 Å². The molecule has 0 fully saturated rings. The van der Waals surface area contributed by atoms with Crippen LogP contribution in [0.25, 0.3) is 0 Å². The van der Waals surface area contributed by atoms with Crippen molar-refractivity contribution in [1.29, 1.82) is 0 Å². The largest absolute Gasteiger partial charge is 0.492 e. The number of rotatable bonds is 13. The smallest absolute Gasteiger partial charge is 0.264 e. The Labute approximate surface area is 241 Å². The standard InChI is InChI=1S/C30H36ClN3O5S/c1-5-26(30(36)32-6-2)33(20-23-14-12-22(4)13-15-23)29(35)21-34(27-10-8-9-11-28(27)39-7-3)40(37,38)25-18-16-24(31)17-19-25/h8-19,26H,5-7,20-21H2,1-4H3,(H,32,36)/t26-/m0/s1. The van der Waals surface area contributed by atoms with Gasteiger partial charge in [-0.1, -0.05) is 60.5 Å². The van der Waals surface area contributed by atoms with Crippen LogP contribution in [-0.4, -0.2) is 50.9 Å². The van der Waals surface area contributed by atoms with Crippen LogP contribution >= 0.6 is 11.6 Å². The number of benzene rings is 3. The SMILES string of the molecule is CCNC(=O)[C@H](CC)N(Cc1ccc(C)cc1)C(=O)CN(c1ccccc1OCC)S(=O)(=O)c1ccc(Cl)cc1. The first-order valence-electron chi connectivity index (χ1n) is 13.2. The zero-order chi connectivity index (χ0) is 29.3. The van der Waals surface area contributed by atoms with Crippen LogP contribution < -0.4 is 14.4 Å². The Bertz CT molecular complexity index is 1400. The van der Waals surface area contributed by atoms with Crippen LogP contribution in [0.2, 0.25) is 5.02 Å². The highest BCUT2D eigenvalue weighted by Crippen LogP contribution is 2.33. The summed E-state index contributed by atoms with van der Waals surface area (Å²) in [5, 5.41) is 3.18. The molecule has 0 saturated carbocycles. The number of para-hydroxylation sites is 2. The molecular formula is C30H36ClN3O5S. The van der Waals surface area contributed by atoms with Crippen molar-refractivity contribution >= 4 is 39.1 Å². The molecule has 0 aliphatic carbocycles. The van der Waals surface area contributed by atoms with E-state index in [0.717, 1.165) is 15.4 Å². The molecule has 214 valence electrons. The molecule has 3 aromatic rings. The van der Waals surface area contributed by atoms with Crippen LogP contribution in [0.15, 0.2) is 77.7 Å². The number of carbonyl (C=O) groups excluding carboxylic acids is 2. The molecule has 0 heterocycles. The van der Waals surface area contributed by atoms with Crippen molar-refractivity contribution in [3.05, 3.63) is 88.9 Å². The van der Waals surface area contributed by atoms with E-state index in [1.807, 2.05) is 45.0 Å². The van der Waals surface area contributed by atoms with E-state index in [4.69, 9.17) is 16.3 Å². The van der Waals surface area contributed by atoms with Crippen LogP contribution in [-0.2, 0) is 26.2 Å². The molecule has 8 nitrogen and oxygen atoms in total. The average Bonchev–Trinajstić information content (AvgIpc) is 2.93. The predicted octanol–water partition coefficient (Wildman–Crippen LogP) is 5.19. The van der Waals surface area contributed by atoms with Gasteiger partial charge in [-0.2, -0.15) is 0 Å². The van der Waals surface area contributed by atoms with Crippen molar-refractivity contribution in [1.82, 2.24) is 10.2 Å². The van der Waals surface area contributed by atoms with Gasteiger partial charge >= 0.3 is 0 Å². The lowest BCUT2D eigenvalue weighted by Crippen LogP contribution is -2.52. The van der Waals surface area contributed by atoms with Crippen LogP contribution in [0, 0.1) is 6.92 Å². The molecule has 10 heteroatoms. The molecule has 0 aliphatic heterocycles. The highest BCUT2D eigenvalue weighted by atomic mass is 35.5. The zero-order valence-electron chi connectivity index (χ0n) is 23.3. The summed E-state index contributed by atoms with van der Waals surface area (Å²) < 4.78 is 34.8. The van der Waals surface area contributed by atoms with Crippen LogP contribution in [0.1, 0.15) is 38.3 Å². The van der Waals surface area contributed by atoms with E-state index in [2.05, 4.69) is 5.32 Å². The highest BCUT2D eigenvalue weighted by molar-refractivity contribution is 7.92. The van der Waals surface area contributed by atoms with Gasteiger partial charge in [0.05, 0.1) is 17.2 Å². The molecule has 3 aromatic carbocycles. The Hall–Kier alpha value is -3.56. The normalized spacial score (nSPS) is 11.9. The van der Waals surface area contributed by atoms with Crippen molar-refractivity contribution in [2.24, 2.45) is 0 Å². The van der Waals surface area contributed by atoms with E-state index < -0.39 is 28.5 Å². The van der Waals surface area contributed by atoms with E-state index in [9.17, 15) is 18.0 Å². The van der Waals surface area contributed by atoms with Crippen LogP contribution in [0.5, 0.6) is 5.75 Å². The quantitative estimate of drug-likeness (QED) is 0.298. The Morgan fingerprint density at radius 2 is 1.60 bits per heavy atom. The molecule has 0 unspecified atom stereocenters. The van der Waals surface area contributed by atoms with E-state index in [1.165, 1.54) is 29.2 Å². The summed E-state index contributed by atoms with van der Waals surface area (Å²) in [5.74, 6) is -0.508. The Kier molecular flexibility index (Phi) is 11.0. The minimum Gasteiger partial charge on any atom is -0.492 e. The molecule has 0 spiro atoms. The monoisotopic (exact) mass is 585 g/mol. The molecular weight excluding hydrogens is 550 g/mol.